The molecule has 1 N–H and O–H groups in total. The summed E-state index contributed by atoms with van der Waals surface area (Å²) in [6.07, 6.45) is 48.7. The lowest BCUT2D eigenvalue weighted by molar-refractivity contribution is -0.137. The first-order chi connectivity index (χ1) is 23.1. The third-order valence-corrected chi connectivity index (χ3v) is 13.1. The van der Waals surface area contributed by atoms with Gasteiger partial charge in [-0.2, -0.15) is 0 Å². The molecule has 47 heavy (non-hydrogen) atoms. The first-order valence-corrected chi connectivity index (χ1v) is 22.9. The van der Waals surface area contributed by atoms with Gasteiger partial charge in [0.2, 0.25) is 0 Å². The molecule has 6 heteroatoms. The van der Waals surface area contributed by atoms with Crippen LogP contribution in [-0.2, 0) is 18.1 Å². The largest absolute Gasteiger partial charge is 0.500 e. The molecular weight excluding hydrogens is 601 g/mol. The average molecular weight is 685 g/mol. The van der Waals surface area contributed by atoms with E-state index in [1.807, 2.05) is 0 Å². The summed E-state index contributed by atoms with van der Waals surface area (Å²) in [7, 11) is 2.77. The van der Waals surface area contributed by atoms with E-state index in [-0.39, 0.29) is 0 Å². The number of unbranched alkanes of at least 4 members (excludes halogenated alkanes) is 34. The van der Waals surface area contributed by atoms with Gasteiger partial charge in [-0.15, -0.1) is 0 Å². The highest BCUT2D eigenvalue weighted by Gasteiger charge is 2.36. The van der Waals surface area contributed by atoms with Crippen molar-refractivity contribution in [2.75, 3.05) is 21.3 Å². The van der Waals surface area contributed by atoms with Crippen LogP contribution in [0.5, 0.6) is 0 Å². The lowest BCUT2D eigenvalue weighted by atomic mass is 10.0. The van der Waals surface area contributed by atoms with Crippen molar-refractivity contribution in [3.8, 4) is 0 Å². The van der Waals surface area contributed by atoms with Crippen LogP contribution in [0.1, 0.15) is 231 Å². The molecule has 0 unspecified atom stereocenters. The van der Waals surface area contributed by atoms with E-state index in [1.165, 1.54) is 205 Å². The Kier molecular flexibility index (Phi) is 38.0. The maximum absolute atomic E-state index is 10.5. The van der Waals surface area contributed by atoms with Crippen molar-refractivity contribution < 1.29 is 23.2 Å². The number of hydrogen-bond donors (Lipinski definition) is 1. The number of hydrogen-bond acceptors (Lipinski definition) is 4. The van der Waals surface area contributed by atoms with E-state index in [1.54, 1.807) is 21.3 Å². The highest BCUT2D eigenvalue weighted by atomic mass is 28.4. The fourth-order valence-corrected chi connectivity index (χ4v) is 8.80. The van der Waals surface area contributed by atoms with Crippen LogP contribution in [0, 0.1) is 0 Å². The highest BCUT2D eigenvalue weighted by Crippen LogP contribution is 2.20. The molecule has 0 aliphatic heterocycles. The summed E-state index contributed by atoms with van der Waals surface area (Å²) in [5.74, 6) is -0.650. The number of rotatable bonds is 41. The molecule has 0 saturated carbocycles. The first-order valence-electron chi connectivity index (χ1n) is 21.0. The Morgan fingerprint density at radius 1 is 0.340 bits per heavy atom. The third kappa shape index (κ3) is 35.2. The van der Waals surface area contributed by atoms with Crippen molar-refractivity contribution in [1.82, 2.24) is 0 Å². The van der Waals surface area contributed by atoms with Crippen molar-refractivity contribution >= 4 is 14.8 Å². The molecule has 0 rings (SSSR count). The van der Waals surface area contributed by atoms with Gasteiger partial charge in [0.1, 0.15) is 0 Å². The van der Waals surface area contributed by atoms with Crippen LogP contribution in [0.25, 0.3) is 0 Å². The predicted octanol–water partition coefficient (Wildman–Crippen LogP) is 14.0. The second-order valence-electron chi connectivity index (χ2n) is 14.6. The minimum absolute atomic E-state index is 0.343. The molecule has 0 aromatic rings. The lowest BCUT2D eigenvalue weighted by Gasteiger charge is -2.24. The van der Waals surface area contributed by atoms with Crippen molar-refractivity contribution in [2.24, 2.45) is 0 Å². The van der Waals surface area contributed by atoms with Gasteiger partial charge in [-0.05, 0) is 12.8 Å². The Balaban J connectivity index is 3.12. The maximum atomic E-state index is 10.5. The van der Waals surface area contributed by atoms with E-state index in [9.17, 15) is 4.79 Å². The molecule has 0 aliphatic rings. The molecule has 0 aromatic carbocycles. The third-order valence-electron chi connectivity index (χ3n) is 10.3. The molecule has 0 saturated heterocycles. The summed E-state index contributed by atoms with van der Waals surface area (Å²) in [6.45, 7) is 0. The summed E-state index contributed by atoms with van der Waals surface area (Å²) in [6, 6.07) is 0.934. The van der Waals surface area contributed by atoms with E-state index < -0.39 is 14.8 Å². The van der Waals surface area contributed by atoms with Gasteiger partial charge in [0.15, 0.2) is 0 Å². The van der Waals surface area contributed by atoms with Crippen LogP contribution in [0.4, 0.5) is 0 Å². The SMILES string of the molecule is CO[Si](CCCCCCCCCCCCCCCCCCCCCCCCCCCCCCCCCCCCCC(=O)O)(OC)OC. The number of carboxylic acids is 1. The molecule has 0 amide bonds. The molecule has 0 bridgehead atoms. The summed E-state index contributed by atoms with van der Waals surface area (Å²) < 4.78 is 16.5. The molecule has 0 aliphatic carbocycles. The van der Waals surface area contributed by atoms with E-state index >= 15 is 0 Å². The topological polar surface area (TPSA) is 65.0 Å². The Morgan fingerprint density at radius 2 is 0.511 bits per heavy atom. The van der Waals surface area contributed by atoms with E-state index in [2.05, 4.69) is 0 Å². The minimum atomic E-state index is -2.35. The monoisotopic (exact) mass is 685 g/mol. The van der Waals surface area contributed by atoms with Crippen LogP contribution in [0.15, 0.2) is 0 Å². The Morgan fingerprint density at radius 3 is 0.681 bits per heavy atom. The fourth-order valence-electron chi connectivity index (χ4n) is 7.01. The number of carbonyl (C=O) groups is 1. The number of carboxylic acid groups (broad SMARTS) is 1. The zero-order valence-electron chi connectivity index (χ0n) is 32.2. The molecule has 0 heterocycles. The zero-order valence-corrected chi connectivity index (χ0v) is 33.2. The normalized spacial score (nSPS) is 11.9. The van der Waals surface area contributed by atoms with Crippen molar-refractivity contribution in [3.63, 3.8) is 0 Å². The Bertz CT molecular complexity index is 604. The van der Waals surface area contributed by atoms with Crippen LogP contribution < -0.4 is 0 Å². The smallest absolute Gasteiger partial charge is 0.481 e. The second kappa shape index (κ2) is 38.4. The maximum Gasteiger partial charge on any atom is 0.500 e. The van der Waals surface area contributed by atoms with Crippen molar-refractivity contribution in [2.45, 2.75) is 237 Å². The predicted molar refractivity (Wildman–Crippen MR) is 205 cm³/mol. The summed E-state index contributed by atoms with van der Waals surface area (Å²) in [5, 5.41) is 8.65. The second-order valence-corrected chi connectivity index (χ2v) is 17.7. The molecule has 0 aromatic heterocycles. The van der Waals surface area contributed by atoms with Crippen LogP contribution in [-0.4, -0.2) is 41.2 Å². The fraction of sp³-hybridized carbons (Fsp3) is 0.976. The van der Waals surface area contributed by atoms with Crippen LogP contribution in [0.3, 0.4) is 0 Å². The summed E-state index contributed by atoms with van der Waals surface area (Å²) in [4.78, 5) is 10.5. The van der Waals surface area contributed by atoms with Gasteiger partial charge in [0.05, 0.1) is 0 Å². The van der Waals surface area contributed by atoms with Gasteiger partial charge in [-0.25, -0.2) is 0 Å². The minimum Gasteiger partial charge on any atom is -0.481 e. The van der Waals surface area contributed by atoms with Gasteiger partial charge >= 0.3 is 14.8 Å². The zero-order chi connectivity index (χ0) is 34.4. The molecule has 0 atom stereocenters. The van der Waals surface area contributed by atoms with E-state index in [0.717, 1.165) is 25.3 Å². The first kappa shape index (κ1) is 46.6. The van der Waals surface area contributed by atoms with Crippen LogP contribution >= 0.6 is 0 Å². The Labute approximate surface area is 295 Å². The molecule has 0 fully saturated rings. The van der Waals surface area contributed by atoms with Gasteiger partial charge in [0, 0.05) is 33.8 Å². The number of aliphatic carboxylic acids is 1. The van der Waals surface area contributed by atoms with Gasteiger partial charge in [-0.1, -0.05) is 212 Å². The average Bonchev–Trinajstić information content (AvgIpc) is 3.08. The molecule has 0 spiro atoms. The summed E-state index contributed by atoms with van der Waals surface area (Å²) in [5.41, 5.74) is 0. The molecule has 282 valence electrons. The standard InChI is InChI=1S/C41H84O5Si/c1-44-47(45-2,46-3)40-38-36-34-32-30-28-26-24-22-20-18-16-14-12-10-8-6-4-5-7-9-11-13-15-17-19-21-23-25-27-29-31-33-35-37-39-41(42)43/h4-40H2,1-3H3,(H,42,43). The molecule has 5 nitrogen and oxygen atoms in total. The highest BCUT2D eigenvalue weighted by molar-refractivity contribution is 6.60. The van der Waals surface area contributed by atoms with Gasteiger partial charge in [-0.3, -0.25) is 4.79 Å². The van der Waals surface area contributed by atoms with Gasteiger partial charge in [0.25, 0.3) is 0 Å². The summed E-state index contributed by atoms with van der Waals surface area (Å²) >= 11 is 0. The lowest BCUT2D eigenvalue weighted by Crippen LogP contribution is -2.42. The van der Waals surface area contributed by atoms with Gasteiger partial charge < -0.3 is 18.4 Å². The van der Waals surface area contributed by atoms with E-state index in [0.29, 0.717) is 6.42 Å². The van der Waals surface area contributed by atoms with Crippen molar-refractivity contribution in [1.29, 1.82) is 0 Å². The molecule has 0 radical (unpaired) electrons. The van der Waals surface area contributed by atoms with Crippen molar-refractivity contribution in [3.05, 3.63) is 0 Å². The van der Waals surface area contributed by atoms with E-state index in [4.69, 9.17) is 18.4 Å². The Hall–Kier alpha value is -0.433. The quantitative estimate of drug-likeness (QED) is 0.0513. The van der Waals surface area contributed by atoms with Crippen LogP contribution in [0.2, 0.25) is 6.04 Å². The molecular formula is C41H84O5Si.